The molecule has 0 bridgehead atoms. The molecule has 506 valence electrons. The molecule has 1 fully saturated rings. The van der Waals surface area contributed by atoms with Crippen LogP contribution in [0.4, 0.5) is 0 Å². The number of likely N-dealkylation sites (tertiary alicyclic amines) is 1. The Morgan fingerprint density at radius 3 is 0.951 bits per heavy atom. The van der Waals surface area contributed by atoms with E-state index in [0.29, 0.717) is 31.6 Å². The Balaban J connectivity index is 0.000000660. The maximum atomic E-state index is 12.0. The van der Waals surface area contributed by atoms with Gasteiger partial charge in [-0.15, -0.1) is 12.6 Å². The molecule has 31 heteroatoms. The molecule has 0 spiro atoms. The molecule has 13 rings (SSSR count). The quantitative estimate of drug-likeness (QED) is 0.0585. The van der Waals surface area contributed by atoms with Gasteiger partial charge in [-0.1, -0.05) is 146 Å². The topological polar surface area (TPSA) is 355 Å². The van der Waals surface area contributed by atoms with Crippen molar-refractivity contribution in [2.75, 3.05) is 18.8 Å². The summed E-state index contributed by atoms with van der Waals surface area (Å²) in [5, 5.41) is 4.51. The fraction of sp³-hybridized carbons (Fsp3) is 0.127. The van der Waals surface area contributed by atoms with Gasteiger partial charge in [-0.25, -0.2) is 30.2 Å². The van der Waals surface area contributed by atoms with Crippen LogP contribution in [0.1, 0.15) is 36.8 Å². The van der Waals surface area contributed by atoms with Crippen molar-refractivity contribution < 1.29 is 204 Å². The first-order valence-electron chi connectivity index (χ1n) is 28.9. The van der Waals surface area contributed by atoms with Crippen molar-refractivity contribution in [3.8, 4) is 55.9 Å². The van der Waals surface area contributed by atoms with Crippen molar-refractivity contribution in [1.29, 1.82) is 0 Å². The normalized spacial score (nSPS) is 11.1. The minimum absolute atomic E-state index is 0. The van der Waals surface area contributed by atoms with E-state index >= 15 is 0 Å². The van der Waals surface area contributed by atoms with Gasteiger partial charge >= 0.3 is 148 Å². The average Bonchev–Trinajstić information content (AvgIpc) is 0.788. The Morgan fingerprint density at radius 1 is 0.422 bits per heavy atom. The second-order valence-corrected chi connectivity index (χ2v) is 25.7. The van der Waals surface area contributed by atoms with Gasteiger partial charge < -0.3 is 21.1 Å². The summed E-state index contributed by atoms with van der Waals surface area (Å²) in [4.78, 5) is 63.3. The molecule has 1 aliphatic heterocycles. The molecule has 3 amide bonds. The van der Waals surface area contributed by atoms with Gasteiger partial charge in [-0.2, -0.15) is 0 Å². The second kappa shape index (κ2) is 45.4. The van der Waals surface area contributed by atoms with Crippen molar-refractivity contribution in [3.05, 3.63) is 250 Å². The van der Waals surface area contributed by atoms with Gasteiger partial charge in [0.25, 0.3) is 0 Å². The number of carbonyl (C=O) groups is 3. The van der Waals surface area contributed by atoms with Crippen LogP contribution in [0.25, 0.3) is 99.5 Å². The summed E-state index contributed by atoms with van der Waals surface area (Å²) in [5.74, 6) is -1.17. The monoisotopic (exact) mass is 1580 g/mol. The van der Waals surface area contributed by atoms with Crippen LogP contribution in [0, 0.1) is 14.4 Å². The van der Waals surface area contributed by atoms with E-state index in [1.54, 1.807) is 12.4 Å². The van der Waals surface area contributed by atoms with Crippen molar-refractivity contribution in [1.82, 2.24) is 34.8 Å². The number of fused-ring (bicyclic) bond motifs is 6. The average molecular weight is 1580 g/mol. The molecular formula is C71H63N7Na4O15RuS4+2. The standard InChI is InChI=1S/2C24H16N2.C19H19N3O3.3CH4O3S.CH3.4Na.O3S.Ru/c2*1-3-7-17(8-4-1)19-13-15-25-23-21(19)11-12-22-20(14-16-26-24(22)23)18-9-5-2-6-10-18;1-13-7-9-20-15(11-13)16-12-14(8-10-21-16)3-2-4-17(23)22-18(24)5-6-19(22)25;3*1-5(2,3)4;;;;;;1-4(2)3;/h2*1-16H;7-12H,2-6H2,1H3;3*1H3,(H,2,3,4);1H3;;;;;;/q;;;;;;-1;4*+1;;+2/p-3. The molecule has 102 heavy (non-hydrogen) atoms. The predicted molar refractivity (Wildman–Crippen MR) is 370 cm³/mol. The Labute approximate surface area is 695 Å². The smallest absolute Gasteiger partial charge is 0.748 e. The molecule has 12 aromatic rings. The van der Waals surface area contributed by atoms with Gasteiger partial charge in [0.2, 0.25) is 17.7 Å². The van der Waals surface area contributed by atoms with Crippen molar-refractivity contribution in [2.24, 2.45) is 0 Å². The van der Waals surface area contributed by atoms with Crippen LogP contribution in [0.5, 0.6) is 0 Å². The Kier molecular flexibility index (Phi) is 41.9. The fourth-order valence-corrected chi connectivity index (χ4v) is 9.99. The third-order valence-corrected chi connectivity index (χ3v) is 13.7. The molecule has 0 radical (unpaired) electrons. The molecule has 0 unspecified atom stereocenters. The van der Waals surface area contributed by atoms with E-state index < -0.39 is 46.9 Å². The first-order chi connectivity index (χ1) is 45.6. The van der Waals surface area contributed by atoms with Crippen LogP contribution in [0.2, 0.25) is 0 Å². The summed E-state index contributed by atoms with van der Waals surface area (Å²) in [6.07, 6.45) is 14.5. The number of carbonyl (C=O) groups excluding carboxylic acids is 3. The van der Waals surface area contributed by atoms with Crippen LogP contribution < -0.4 is 118 Å². The molecule has 7 heterocycles. The number of hydrogen-bond donors (Lipinski definition) is 0. The molecule has 0 atom stereocenters. The Morgan fingerprint density at radius 2 is 0.676 bits per heavy atom. The van der Waals surface area contributed by atoms with Gasteiger partial charge in [0.15, 0.2) is 0 Å². The van der Waals surface area contributed by atoms with Crippen LogP contribution in [-0.2, 0) is 81.2 Å². The molecule has 0 aliphatic carbocycles. The SMILES string of the molecule is CS(=O)(=O)[O-].CS(=O)(=O)[O-].CS(=O)(=O)[O-].Cc1ccnc(-c2cc(CCCC(=O)N3C(=O)CCC3=O)ccn2)c1.O=S(=O)=O.[CH3-].[Na+].[Na+].[Na+].[Na+].[Ru+2].c1ccc(-c2ccnc3c2ccc2c(-c4ccccc4)ccnc23)cc1.c1ccc(-c2ccnc3c2ccc2c(-c4ccccc4)ccnc23)cc1. The number of benzene rings is 6. The summed E-state index contributed by atoms with van der Waals surface area (Å²) in [5.41, 5.74) is 17.1. The number of imide groups is 3. The number of amides is 3. The van der Waals surface area contributed by atoms with Gasteiger partial charge in [0.1, 0.15) is 0 Å². The summed E-state index contributed by atoms with van der Waals surface area (Å²) < 4.78 is 107. The first kappa shape index (κ1) is 94.1. The van der Waals surface area contributed by atoms with Crippen LogP contribution in [0.3, 0.4) is 0 Å². The molecular weight excluding hydrogens is 1510 g/mol. The van der Waals surface area contributed by atoms with Crippen LogP contribution in [-0.4, -0.2) is 123 Å². The molecule has 0 N–H and O–H groups in total. The Hall–Kier alpha value is -5.96. The summed E-state index contributed by atoms with van der Waals surface area (Å²) in [6.45, 7) is 2.00. The summed E-state index contributed by atoms with van der Waals surface area (Å²) >= 11 is 0. The zero-order chi connectivity index (χ0) is 69.6. The van der Waals surface area contributed by atoms with Gasteiger partial charge in [0.05, 0.1) is 63.8 Å². The minimum Gasteiger partial charge on any atom is -0.748 e. The number of hydrogen-bond acceptors (Lipinski definition) is 21. The predicted octanol–water partition coefficient (Wildman–Crippen LogP) is -0.372. The van der Waals surface area contributed by atoms with E-state index in [1.165, 1.54) is 44.5 Å². The number of rotatable bonds is 9. The second-order valence-electron chi connectivity index (χ2n) is 21.1. The van der Waals surface area contributed by atoms with E-state index in [2.05, 4.69) is 175 Å². The van der Waals surface area contributed by atoms with E-state index in [0.717, 1.165) is 71.0 Å². The number of aryl methyl sites for hydroxylation is 2. The van der Waals surface area contributed by atoms with E-state index in [-0.39, 0.29) is 176 Å². The molecule has 22 nitrogen and oxygen atoms in total. The summed E-state index contributed by atoms with van der Waals surface area (Å²) in [7, 11) is -14.9. The van der Waals surface area contributed by atoms with Crippen molar-refractivity contribution in [2.45, 2.75) is 39.0 Å². The van der Waals surface area contributed by atoms with Crippen LogP contribution >= 0.6 is 0 Å². The van der Waals surface area contributed by atoms with Crippen molar-refractivity contribution >= 4 is 102 Å². The fourth-order valence-electron chi connectivity index (χ4n) is 9.99. The van der Waals surface area contributed by atoms with E-state index in [9.17, 15) is 14.4 Å². The van der Waals surface area contributed by atoms with Crippen LogP contribution in [0.15, 0.2) is 231 Å². The molecule has 6 aromatic carbocycles. The largest absolute Gasteiger partial charge is 2.00 e. The third-order valence-electron chi connectivity index (χ3n) is 13.7. The number of nitrogens with zero attached hydrogens (tertiary/aromatic N) is 7. The number of pyridine rings is 6. The van der Waals surface area contributed by atoms with E-state index in [4.69, 9.17) is 51.5 Å². The van der Waals surface area contributed by atoms with Gasteiger partial charge in [0, 0.05) is 96.8 Å². The minimum atomic E-state index is -3.92. The summed E-state index contributed by atoms with van der Waals surface area (Å²) in [6, 6.07) is 66.4. The maximum absolute atomic E-state index is 12.0. The maximum Gasteiger partial charge on any atom is 2.00 e. The first-order valence-corrected chi connectivity index (χ1v) is 35.4. The molecule has 0 saturated carbocycles. The third kappa shape index (κ3) is 30.6. The molecule has 1 saturated heterocycles. The van der Waals surface area contributed by atoms with Gasteiger partial charge in [-0.3, -0.25) is 44.3 Å². The molecule has 1 aliphatic rings. The zero-order valence-electron chi connectivity index (χ0n) is 57.2. The van der Waals surface area contributed by atoms with E-state index in [1.807, 2.05) is 80.2 Å². The zero-order valence-corrected chi connectivity index (χ0v) is 70.2. The number of aromatic nitrogens is 6. The Bertz CT molecular complexity index is 4730. The van der Waals surface area contributed by atoms with Crippen molar-refractivity contribution in [3.63, 3.8) is 0 Å². The van der Waals surface area contributed by atoms with Gasteiger partial charge in [-0.05, 0) is 124 Å². The molecule has 6 aromatic heterocycles.